The van der Waals surface area contributed by atoms with Crippen LogP contribution in [0.1, 0.15) is 42.6 Å². The zero-order valence-corrected chi connectivity index (χ0v) is 14.0. The minimum absolute atomic E-state index is 0.391. The van der Waals surface area contributed by atoms with Crippen LogP contribution in [0.4, 0.5) is 0 Å². The van der Waals surface area contributed by atoms with E-state index in [9.17, 15) is 5.11 Å². The summed E-state index contributed by atoms with van der Waals surface area (Å²) in [6.45, 7) is 10.7. The molecule has 1 aliphatic heterocycles. The number of rotatable bonds is 5. The Hall–Kier alpha value is -0.900. The number of aliphatic hydroxyl groups excluding tert-OH is 1. The van der Waals surface area contributed by atoms with Gasteiger partial charge in [-0.15, -0.1) is 0 Å². The molecule has 1 aliphatic rings. The summed E-state index contributed by atoms with van der Waals surface area (Å²) >= 11 is 0. The quantitative estimate of drug-likeness (QED) is 0.903. The van der Waals surface area contributed by atoms with Crippen LogP contribution in [0.2, 0.25) is 0 Å². The highest BCUT2D eigenvalue weighted by Gasteiger charge is 2.23. The molecule has 1 fully saturated rings. The van der Waals surface area contributed by atoms with Crippen molar-refractivity contribution in [3.05, 3.63) is 34.9 Å². The van der Waals surface area contributed by atoms with E-state index in [0.29, 0.717) is 6.04 Å². The average molecular weight is 290 g/mol. The fourth-order valence-electron chi connectivity index (χ4n) is 3.41. The van der Waals surface area contributed by atoms with Crippen molar-refractivity contribution in [2.45, 2.75) is 45.8 Å². The summed E-state index contributed by atoms with van der Waals surface area (Å²) in [6.07, 6.45) is 2.03. The first-order valence-electron chi connectivity index (χ1n) is 8.18. The van der Waals surface area contributed by atoms with Crippen molar-refractivity contribution in [1.29, 1.82) is 0 Å². The van der Waals surface area contributed by atoms with Crippen molar-refractivity contribution in [1.82, 2.24) is 9.80 Å². The van der Waals surface area contributed by atoms with E-state index < -0.39 is 6.10 Å². The van der Waals surface area contributed by atoms with Gasteiger partial charge in [-0.1, -0.05) is 36.2 Å². The van der Waals surface area contributed by atoms with Gasteiger partial charge in [0.1, 0.15) is 0 Å². The van der Waals surface area contributed by atoms with Gasteiger partial charge in [-0.25, -0.2) is 0 Å². The van der Waals surface area contributed by atoms with Crippen molar-refractivity contribution in [2.24, 2.45) is 0 Å². The molecule has 0 radical (unpaired) electrons. The highest BCUT2D eigenvalue weighted by atomic mass is 16.3. The van der Waals surface area contributed by atoms with Crippen molar-refractivity contribution in [2.75, 3.05) is 33.2 Å². The lowest BCUT2D eigenvalue weighted by Gasteiger charge is -2.37. The van der Waals surface area contributed by atoms with E-state index in [-0.39, 0.29) is 0 Å². The Morgan fingerprint density at radius 3 is 2.29 bits per heavy atom. The molecule has 1 unspecified atom stereocenters. The number of likely N-dealkylation sites (tertiary alicyclic amines) is 1. The number of aryl methyl sites for hydroxylation is 2. The molecule has 1 aromatic carbocycles. The molecule has 1 heterocycles. The second-order valence-corrected chi connectivity index (χ2v) is 6.54. The Kier molecular flexibility index (Phi) is 5.80. The summed E-state index contributed by atoms with van der Waals surface area (Å²) in [7, 11) is 2.15. The maximum atomic E-state index is 10.5. The van der Waals surface area contributed by atoms with Gasteiger partial charge in [-0.3, -0.25) is 0 Å². The summed E-state index contributed by atoms with van der Waals surface area (Å²) in [6, 6.07) is 6.96. The molecule has 1 N–H and O–H groups in total. The lowest BCUT2D eigenvalue weighted by molar-refractivity contribution is 0.0747. The first-order valence-corrected chi connectivity index (χ1v) is 8.18. The molecule has 3 heteroatoms. The summed E-state index contributed by atoms with van der Waals surface area (Å²) < 4.78 is 0. The molecule has 0 bridgehead atoms. The fraction of sp³-hybridized carbons (Fsp3) is 0.667. The molecule has 0 amide bonds. The predicted molar refractivity (Wildman–Crippen MR) is 88.6 cm³/mol. The normalized spacial score (nSPS) is 19.1. The SMILES string of the molecule is CCN1CCC(N(C)CC(O)c2cc(C)cc(C)c2)CC1. The maximum absolute atomic E-state index is 10.5. The molecule has 0 aliphatic carbocycles. The standard InChI is InChI=1S/C18H30N2O/c1-5-20-8-6-17(7-9-20)19(4)13-18(21)16-11-14(2)10-15(3)12-16/h10-12,17-18,21H,5-9,13H2,1-4H3. The van der Waals surface area contributed by atoms with Crippen LogP contribution in [0.15, 0.2) is 18.2 Å². The minimum Gasteiger partial charge on any atom is -0.387 e. The smallest absolute Gasteiger partial charge is 0.0917 e. The number of nitrogens with zero attached hydrogens (tertiary/aromatic N) is 2. The second-order valence-electron chi connectivity index (χ2n) is 6.54. The molecule has 0 aromatic heterocycles. The van der Waals surface area contributed by atoms with Crippen molar-refractivity contribution >= 4 is 0 Å². The van der Waals surface area contributed by atoms with Gasteiger partial charge >= 0.3 is 0 Å². The van der Waals surface area contributed by atoms with Crippen LogP contribution >= 0.6 is 0 Å². The van der Waals surface area contributed by atoms with E-state index in [2.05, 4.69) is 55.8 Å². The van der Waals surface area contributed by atoms with Gasteiger partial charge in [0, 0.05) is 12.6 Å². The van der Waals surface area contributed by atoms with Crippen molar-refractivity contribution in [3.63, 3.8) is 0 Å². The third kappa shape index (κ3) is 4.53. The van der Waals surface area contributed by atoms with Gasteiger partial charge in [-0.05, 0) is 58.9 Å². The summed E-state index contributed by atoms with van der Waals surface area (Å²) in [4.78, 5) is 4.85. The number of aliphatic hydroxyl groups is 1. The van der Waals surface area contributed by atoms with Gasteiger partial charge in [0.2, 0.25) is 0 Å². The van der Waals surface area contributed by atoms with E-state index in [4.69, 9.17) is 0 Å². The summed E-state index contributed by atoms with van der Waals surface area (Å²) in [5.74, 6) is 0. The van der Waals surface area contributed by atoms with E-state index >= 15 is 0 Å². The third-order valence-corrected chi connectivity index (χ3v) is 4.72. The number of piperidine rings is 1. The second kappa shape index (κ2) is 7.39. The van der Waals surface area contributed by atoms with Crippen LogP contribution in [0.3, 0.4) is 0 Å². The largest absolute Gasteiger partial charge is 0.387 e. The van der Waals surface area contributed by atoms with E-state index in [1.54, 1.807) is 0 Å². The number of likely N-dealkylation sites (N-methyl/N-ethyl adjacent to an activating group) is 1. The zero-order chi connectivity index (χ0) is 15.4. The highest BCUT2D eigenvalue weighted by Crippen LogP contribution is 2.21. The Morgan fingerprint density at radius 1 is 1.19 bits per heavy atom. The Morgan fingerprint density at radius 2 is 1.76 bits per heavy atom. The fourth-order valence-corrected chi connectivity index (χ4v) is 3.41. The minimum atomic E-state index is -0.391. The first kappa shape index (κ1) is 16.5. The van der Waals surface area contributed by atoms with E-state index in [0.717, 1.165) is 18.7 Å². The Bertz CT molecular complexity index is 432. The number of hydrogen-bond acceptors (Lipinski definition) is 3. The summed E-state index contributed by atoms with van der Waals surface area (Å²) in [5, 5.41) is 10.5. The van der Waals surface area contributed by atoms with Gasteiger partial charge in [0.05, 0.1) is 6.10 Å². The van der Waals surface area contributed by atoms with Crippen LogP contribution in [-0.2, 0) is 0 Å². The van der Waals surface area contributed by atoms with Crippen LogP contribution in [0.5, 0.6) is 0 Å². The molecule has 1 atom stereocenters. The third-order valence-electron chi connectivity index (χ3n) is 4.72. The van der Waals surface area contributed by atoms with Gasteiger partial charge < -0.3 is 14.9 Å². The summed E-state index contributed by atoms with van der Waals surface area (Å²) in [5.41, 5.74) is 3.50. The molecule has 1 aromatic rings. The van der Waals surface area contributed by atoms with Gasteiger partial charge in [-0.2, -0.15) is 0 Å². The molecular weight excluding hydrogens is 260 g/mol. The molecule has 1 saturated heterocycles. The maximum Gasteiger partial charge on any atom is 0.0917 e. The molecule has 21 heavy (non-hydrogen) atoms. The molecule has 0 saturated carbocycles. The molecule has 3 nitrogen and oxygen atoms in total. The average Bonchev–Trinajstić information content (AvgIpc) is 2.46. The highest BCUT2D eigenvalue weighted by molar-refractivity contribution is 5.30. The van der Waals surface area contributed by atoms with Crippen molar-refractivity contribution < 1.29 is 5.11 Å². The van der Waals surface area contributed by atoms with Gasteiger partial charge in [0.25, 0.3) is 0 Å². The first-order chi connectivity index (χ1) is 9.99. The van der Waals surface area contributed by atoms with Crippen LogP contribution in [-0.4, -0.2) is 54.2 Å². The topological polar surface area (TPSA) is 26.7 Å². The van der Waals surface area contributed by atoms with E-state index in [1.807, 2.05) is 0 Å². The lowest BCUT2D eigenvalue weighted by atomic mass is 10.0. The monoisotopic (exact) mass is 290 g/mol. The van der Waals surface area contributed by atoms with Crippen LogP contribution < -0.4 is 0 Å². The molecule has 118 valence electrons. The number of benzene rings is 1. The van der Waals surface area contributed by atoms with Crippen molar-refractivity contribution in [3.8, 4) is 0 Å². The Balaban J connectivity index is 1.91. The Labute approximate surface area is 129 Å². The molecule has 2 rings (SSSR count). The number of hydrogen-bond donors (Lipinski definition) is 1. The van der Waals surface area contributed by atoms with E-state index in [1.165, 1.54) is 37.1 Å². The predicted octanol–water partition coefficient (Wildman–Crippen LogP) is 2.75. The van der Waals surface area contributed by atoms with Crippen LogP contribution in [0, 0.1) is 13.8 Å². The zero-order valence-electron chi connectivity index (χ0n) is 14.0. The lowest BCUT2D eigenvalue weighted by Crippen LogP contribution is -2.44. The van der Waals surface area contributed by atoms with Gasteiger partial charge in [0.15, 0.2) is 0 Å². The van der Waals surface area contributed by atoms with Crippen LogP contribution in [0.25, 0.3) is 0 Å². The molecule has 0 spiro atoms. The molecular formula is C18H30N2O.